The van der Waals surface area contributed by atoms with Gasteiger partial charge in [0.2, 0.25) is 15.9 Å². The summed E-state index contributed by atoms with van der Waals surface area (Å²) in [6.45, 7) is 1.80. The predicted octanol–water partition coefficient (Wildman–Crippen LogP) is 2.54. The van der Waals surface area contributed by atoms with E-state index >= 15 is 0 Å². The van der Waals surface area contributed by atoms with Crippen LogP contribution in [0, 0.1) is 0 Å². The second-order valence-corrected chi connectivity index (χ2v) is 9.38. The van der Waals surface area contributed by atoms with Gasteiger partial charge in [-0.2, -0.15) is 0 Å². The highest BCUT2D eigenvalue weighted by Gasteiger charge is 2.27. The van der Waals surface area contributed by atoms with E-state index in [4.69, 9.17) is 4.74 Å². The smallest absolute Gasteiger partial charge is 0.246 e. The van der Waals surface area contributed by atoms with Crippen LogP contribution in [0.25, 0.3) is 0 Å². The zero-order chi connectivity index (χ0) is 20.2. The molecule has 1 aliphatic rings. The van der Waals surface area contributed by atoms with Crippen LogP contribution in [0.5, 0.6) is 5.75 Å². The summed E-state index contributed by atoms with van der Waals surface area (Å²) in [5.41, 5.74) is 0.564. The molecule has 0 heterocycles. The normalized spacial score (nSPS) is 16.8. The summed E-state index contributed by atoms with van der Waals surface area (Å²) in [4.78, 5) is 14.7. The third kappa shape index (κ3) is 4.93. The largest absolute Gasteiger partial charge is 0.495 e. The lowest BCUT2D eigenvalue weighted by atomic mass is 9.94. The van der Waals surface area contributed by atoms with Crippen molar-refractivity contribution < 1.29 is 17.9 Å². The highest BCUT2D eigenvalue weighted by molar-refractivity contribution is 7.89. The maximum atomic E-state index is 12.8. The van der Waals surface area contributed by atoms with E-state index in [0.717, 1.165) is 30.0 Å². The van der Waals surface area contributed by atoms with Gasteiger partial charge in [-0.05, 0) is 38.0 Å². The lowest BCUT2D eigenvalue weighted by Crippen LogP contribution is -2.45. The zero-order valence-electron chi connectivity index (χ0n) is 16.9. The number of nitrogens with zero attached hydrogens (tertiary/aromatic N) is 2. The Morgan fingerprint density at radius 3 is 2.37 bits per heavy atom. The molecule has 2 rings (SSSR count). The Morgan fingerprint density at radius 2 is 1.81 bits per heavy atom. The lowest BCUT2D eigenvalue weighted by molar-refractivity contribution is -0.133. The third-order valence-electron chi connectivity index (χ3n) is 5.15. The molecule has 7 nitrogen and oxygen atoms in total. The van der Waals surface area contributed by atoms with Gasteiger partial charge in [-0.1, -0.05) is 19.3 Å². The lowest BCUT2D eigenvalue weighted by Gasteiger charge is -2.33. The zero-order valence-corrected chi connectivity index (χ0v) is 17.7. The Bertz CT molecular complexity index is 758. The Kier molecular flexibility index (Phi) is 7.11. The number of rotatable bonds is 7. The van der Waals surface area contributed by atoms with Crippen LogP contribution >= 0.6 is 0 Å². The van der Waals surface area contributed by atoms with Gasteiger partial charge in [0.1, 0.15) is 16.7 Å². The number of likely N-dealkylation sites (N-methyl/N-ethyl adjacent to an activating group) is 1. The van der Waals surface area contributed by atoms with Crippen LogP contribution in [-0.4, -0.2) is 63.9 Å². The topological polar surface area (TPSA) is 79.0 Å². The minimum atomic E-state index is -3.66. The van der Waals surface area contributed by atoms with Crippen LogP contribution in [0.1, 0.15) is 39.0 Å². The van der Waals surface area contributed by atoms with Crippen molar-refractivity contribution in [3.05, 3.63) is 18.2 Å². The summed E-state index contributed by atoms with van der Waals surface area (Å²) >= 11 is 0. The molecule has 1 aromatic carbocycles. The summed E-state index contributed by atoms with van der Waals surface area (Å²) in [5.74, 6) is 0.280. The van der Waals surface area contributed by atoms with Gasteiger partial charge in [0.15, 0.2) is 0 Å². The molecular formula is C19H31N3O4S. The second kappa shape index (κ2) is 8.93. The van der Waals surface area contributed by atoms with Crippen molar-refractivity contribution in [2.75, 3.05) is 33.6 Å². The van der Waals surface area contributed by atoms with E-state index in [9.17, 15) is 13.2 Å². The van der Waals surface area contributed by atoms with E-state index < -0.39 is 16.1 Å². The predicted molar refractivity (Wildman–Crippen MR) is 107 cm³/mol. The molecule has 0 saturated heterocycles. The number of nitrogens with one attached hydrogen (secondary N) is 1. The third-order valence-corrected chi connectivity index (χ3v) is 6.98. The van der Waals surface area contributed by atoms with Crippen LogP contribution in [0.2, 0.25) is 0 Å². The number of sulfonamides is 1. The van der Waals surface area contributed by atoms with Crippen molar-refractivity contribution in [1.29, 1.82) is 0 Å². The van der Waals surface area contributed by atoms with Crippen LogP contribution < -0.4 is 10.1 Å². The molecule has 0 bridgehead atoms. The Balaban J connectivity index is 2.17. The van der Waals surface area contributed by atoms with E-state index in [1.54, 1.807) is 19.1 Å². The first-order valence-electron chi connectivity index (χ1n) is 9.32. The first-order valence-corrected chi connectivity index (χ1v) is 10.8. The number of benzene rings is 1. The molecular weight excluding hydrogens is 366 g/mol. The number of hydrogen-bond acceptors (Lipinski definition) is 5. The van der Waals surface area contributed by atoms with E-state index in [-0.39, 0.29) is 22.6 Å². The summed E-state index contributed by atoms with van der Waals surface area (Å²) in [5, 5.41) is 3.13. The fourth-order valence-electron chi connectivity index (χ4n) is 3.43. The average molecular weight is 398 g/mol. The van der Waals surface area contributed by atoms with Crippen LogP contribution in [0.15, 0.2) is 23.1 Å². The standard InChI is InChI=1S/C19H31N3O4S/c1-14(19(23)22(4)16-9-7-6-8-10-16)20-15-11-12-17(26-5)18(13-15)27(24,25)21(2)3/h11-14,16,20H,6-10H2,1-5H3. The molecule has 0 spiro atoms. The Hall–Kier alpha value is -1.80. The molecule has 0 aliphatic heterocycles. The van der Waals surface area contributed by atoms with E-state index in [1.807, 2.05) is 11.9 Å². The fraction of sp³-hybridized carbons (Fsp3) is 0.632. The number of hydrogen-bond donors (Lipinski definition) is 1. The van der Waals surface area contributed by atoms with Crippen LogP contribution in [0.4, 0.5) is 5.69 Å². The quantitative estimate of drug-likeness (QED) is 0.765. The maximum absolute atomic E-state index is 12.8. The van der Waals surface area contributed by atoms with E-state index in [0.29, 0.717) is 5.69 Å². The Morgan fingerprint density at radius 1 is 1.19 bits per heavy atom. The summed E-state index contributed by atoms with van der Waals surface area (Å²) in [7, 11) is 2.57. The number of carbonyl (C=O) groups excluding carboxylic acids is 1. The molecule has 1 unspecified atom stereocenters. The second-order valence-electron chi connectivity index (χ2n) is 7.26. The van der Waals surface area contributed by atoms with Gasteiger partial charge in [-0.25, -0.2) is 12.7 Å². The minimum Gasteiger partial charge on any atom is -0.495 e. The van der Waals surface area contributed by atoms with Crippen molar-refractivity contribution in [3.8, 4) is 5.75 Å². The van der Waals surface area contributed by atoms with Gasteiger partial charge >= 0.3 is 0 Å². The highest BCUT2D eigenvalue weighted by atomic mass is 32.2. The SMILES string of the molecule is COc1ccc(NC(C)C(=O)N(C)C2CCCCC2)cc1S(=O)(=O)N(C)C. The molecule has 0 radical (unpaired) electrons. The van der Waals surface area contributed by atoms with Gasteiger partial charge in [-0.3, -0.25) is 4.79 Å². The molecule has 1 fully saturated rings. The van der Waals surface area contributed by atoms with Crippen LogP contribution in [0.3, 0.4) is 0 Å². The van der Waals surface area contributed by atoms with Crippen molar-refractivity contribution in [2.45, 2.75) is 56.0 Å². The molecule has 1 amide bonds. The fourth-order valence-corrected chi connectivity index (χ4v) is 4.51. The first kappa shape index (κ1) is 21.5. The van der Waals surface area contributed by atoms with Crippen LogP contribution in [-0.2, 0) is 14.8 Å². The molecule has 1 N–H and O–H groups in total. The number of carbonyl (C=O) groups is 1. The minimum absolute atomic E-state index is 0.00901. The molecule has 1 aliphatic carbocycles. The Labute approximate surface area is 162 Å². The van der Waals surface area contributed by atoms with E-state index in [1.165, 1.54) is 33.7 Å². The number of ether oxygens (including phenoxy) is 1. The van der Waals surface area contributed by atoms with Crippen molar-refractivity contribution in [3.63, 3.8) is 0 Å². The number of anilines is 1. The van der Waals surface area contributed by atoms with Gasteiger partial charge in [-0.15, -0.1) is 0 Å². The monoisotopic (exact) mass is 397 g/mol. The molecule has 1 aromatic rings. The van der Waals surface area contributed by atoms with Crippen molar-refractivity contribution >= 4 is 21.6 Å². The van der Waals surface area contributed by atoms with Crippen molar-refractivity contribution in [2.24, 2.45) is 0 Å². The van der Waals surface area contributed by atoms with Gasteiger partial charge in [0, 0.05) is 32.9 Å². The molecule has 152 valence electrons. The number of methoxy groups -OCH3 is 1. The summed E-state index contributed by atoms with van der Waals surface area (Å²) in [6.07, 6.45) is 5.65. The maximum Gasteiger partial charge on any atom is 0.246 e. The summed E-state index contributed by atoms with van der Waals surface area (Å²) in [6, 6.07) is 4.66. The molecule has 0 aromatic heterocycles. The molecule has 8 heteroatoms. The first-order chi connectivity index (χ1) is 12.7. The highest BCUT2D eigenvalue weighted by Crippen LogP contribution is 2.29. The van der Waals surface area contributed by atoms with Gasteiger partial charge in [0.25, 0.3) is 0 Å². The molecule has 27 heavy (non-hydrogen) atoms. The van der Waals surface area contributed by atoms with E-state index in [2.05, 4.69) is 5.32 Å². The summed E-state index contributed by atoms with van der Waals surface area (Å²) < 4.78 is 31.4. The van der Waals surface area contributed by atoms with Gasteiger partial charge < -0.3 is 15.0 Å². The van der Waals surface area contributed by atoms with Gasteiger partial charge in [0.05, 0.1) is 7.11 Å². The van der Waals surface area contributed by atoms with Crippen molar-refractivity contribution in [1.82, 2.24) is 9.21 Å². The number of amides is 1. The average Bonchev–Trinajstić information content (AvgIpc) is 2.67. The molecule has 1 saturated carbocycles. The molecule has 1 atom stereocenters.